The standard InChI is InChI=1S/C15H24N2O/c1-11-7-13(8-12(2)15(11)18-4)9-14-10-17(3)6-5-16-14/h7-8,14,16H,5-6,9-10H2,1-4H3. The lowest BCUT2D eigenvalue weighted by Gasteiger charge is -2.31. The predicted molar refractivity (Wildman–Crippen MR) is 75.5 cm³/mol. The van der Waals surface area contributed by atoms with E-state index in [0.29, 0.717) is 6.04 Å². The van der Waals surface area contributed by atoms with Crippen molar-refractivity contribution >= 4 is 0 Å². The van der Waals surface area contributed by atoms with Crippen molar-refractivity contribution in [2.75, 3.05) is 33.8 Å². The van der Waals surface area contributed by atoms with Gasteiger partial charge < -0.3 is 15.0 Å². The van der Waals surface area contributed by atoms with Crippen molar-refractivity contribution in [1.82, 2.24) is 10.2 Å². The summed E-state index contributed by atoms with van der Waals surface area (Å²) in [5, 5.41) is 3.59. The van der Waals surface area contributed by atoms with Crippen LogP contribution in [0.5, 0.6) is 5.75 Å². The highest BCUT2D eigenvalue weighted by atomic mass is 16.5. The fourth-order valence-corrected chi connectivity index (χ4v) is 2.89. The van der Waals surface area contributed by atoms with Crippen molar-refractivity contribution in [3.63, 3.8) is 0 Å². The molecule has 1 saturated heterocycles. The maximum atomic E-state index is 5.41. The highest BCUT2D eigenvalue weighted by Crippen LogP contribution is 2.25. The molecule has 1 aliphatic rings. The normalized spacial score (nSPS) is 21.0. The van der Waals surface area contributed by atoms with E-state index in [1.54, 1.807) is 7.11 Å². The van der Waals surface area contributed by atoms with Gasteiger partial charge in [-0.2, -0.15) is 0 Å². The van der Waals surface area contributed by atoms with E-state index in [4.69, 9.17) is 4.74 Å². The van der Waals surface area contributed by atoms with E-state index in [1.165, 1.54) is 16.7 Å². The number of nitrogens with one attached hydrogen (secondary N) is 1. The number of methoxy groups -OCH3 is 1. The monoisotopic (exact) mass is 248 g/mol. The second-order valence-corrected chi connectivity index (χ2v) is 5.38. The molecule has 2 rings (SSSR count). The van der Waals surface area contributed by atoms with Crippen LogP contribution in [0.15, 0.2) is 12.1 Å². The molecule has 1 aliphatic heterocycles. The Morgan fingerprint density at radius 3 is 2.56 bits per heavy atom. The molecule has 1 unspecified atom stereocenters. The Hall–Kier alpha value is -1.06. The van der Waals surface area contributed by atoms with Gasteiger partial charge in [-0.25, -0.2) is 0 Å². The number of nitrogens with zero attached hydrogens (tertiary/aromatic N) is 1. The molecule has 1 aromatic rings. The van der Waals surface area contributed by atoms with Crippen LogP contribution in [0.3, 0.4) is 0 Å². The fraction of sp³-hybridized carbons (Fsp3) is 0.600. The van der Waals surface area contributed by atoms with E-state index in [0.717, 1.165) is 31.8 Å². The van der Waals surface area contributed by atoms with E-state index < -0.39 is 0 Å². The number of rotatable bonds is 3. The fourth-order valence-electron chi connectivity index (χ4n) is 2.89. The van der Waals surface area contributed by atoms with Gasteiger partial charge in [0.15, 0.2) is 0 Å². The number of aryl methyl sites for hydroxylation is 2. The molecule has 1 heterocycles. The molecule has 0 aliphatic carbocycles. The lowest BCUT2D eigenvalue weighted by atomic mass is 9.99. The van der Waals surface area contributed by atoms with Gasteiger partial charge in [-0.15, -0.1) is 0 Å². The third kappa shape index (κ3) is 3.03. The molecule has 3 heteroatoms. The van der Waals surface area contributed by atoms with E-state index in [9.17, 15) is 0 Å². The van der Waals surface area contributed by atoms with Gasteiger partial charge in [0.25, 0.3) is 0 Å². The first kappa shape index (κ1) is 13.4. The number of piperazine rings is 1. The molecule has 1 atom stereocenters. The van der Waals surface area contributed by atoms with Crippen LogP contribution >= 0.6 is 0 Å². The van der Waals surface area contributed by atoms with E-state index >= 15 is 0 Å². The molecule has 1 aromatic carbocycles. The Bertz CT molecular complexity index is 394. The number of benzene rings is 1. The first-order valence-corrected chi connectivity index (χ1v) is 6.66. The third-order valence-electron chi connectivity index (χ3n) is 3.66. The summed E-state index contributed by atoms with van der Waals surface area (Å²) in [6.45, 7) is 7.61. The average molecular weight is 248 g/mol. The van der Waals surface area contributed by atoms with Crippen molar-refractivity contribution in [1.29, 1.82) is 0 Å². The molecule has 18 heavy (non-hydrogen) atoms. The Labute approximate surface area is 110 Å². The average Bonchev–Trinajstić information content (AvgIpc) is 2.28. The van der Waals surface area contributed by atoms with Crippen LogP contribution < -0.4 is 10.1 Å². The number of hydrogen-bond donors (Lipinski definition) is 1. The van der Waals surface area contributed by atoms with Crippen molar-refractivity contribution in [3.8, 4) is 5.75 Å². The van der Waals surface area contributed by atoms with Crippen LogP contribution in [-0.2, 0) is 6.42 Å². The molecular formula is C15H24N2O. The zero-order chi connectivity index (χ0) is 13.1. The van der Waals surface area contributed by atoms with Crippen molar-refractivity contribution in [3.05, 3.63) is 28.8 Å². The summed E-state index contributed by atoms with van der Waals surface area (Å²) < 4.78 is 5.41. The molecule has 3 nitrogen and oxygen atoms in total. The smallest absolute Gasteiger partial charge is 0.124 e. The van der Waals surface area contributed by atoms with Crippen LogP contribution in [0, 0.1) is 13.8 Å². The van der Waals surface area contributed by atoms with Gasteiger partial charge in [0.1, 0.15) is 5.75 Å². The Morgan fingerprint density at radius 1 is 1.33 bits per heavy atom. The summed E-state index contributed by atoms with van der Waals surface area (Å²) in [5.41, 5.74) is 3.87. The lowest BCUT2D eigenvalue weighted by Crippen LogP contribution is -2.49. The molecule has 100 valence electrons. The zero-order valence-corrected chi connectivity index (χ0v) is 11.9. The molecule has 0 saturated carbocycles. The minimum absolute atomic E-state index is 0.566. The van der Waals surface area contributed by atoms with Crippen molar-refractivity contribution in [2.24, 2.45) is 0 Å². The first-order valence-electron chi connectivity index (χ1n) is 6.66. The molecule has 0 aromatic heterocycles. The zero-order valence-electron chi connectivity index (χ0n) is 11.9. The molecule has 1 fully saturated rings. The summed E-state index contributed by atoms with van der Waals surface area (Å²) in [6, 6.07) is 5.07. The molecule has 0 bridgehead atoms. The van der Waals surface area contributed by atoms with Crippen molar-refractivity contribution in [2.45, 2.75) is 26.3 Å². The van der Waals surface area contributed by atoms with E-state index in [2.05, 4.69) is 43.2 Å². The Balaban J connectivity index is 2.09. The maximum Gasteiger partial charge on any atom is 0.124 e. The van der Waals surface area contributed by atoms with Crippen LogP contribution in [0.1, 0.15) is 16.7 Å². The molecular weight excluding hydrogens is 224 g/mol. The van der Waals surface area contributed by atoms with Crippen LogP contribution in [0.25, 0.3) is 0 Å². The highest BCUT2D eigenvalue weighted by molar-refractivity contribution is 5.43. The van der Waals surface area contributed by atoms with E-state index in [-0.39, 0.29) is 0 Å². The number of likely N-dealkylation sites (N-methyl/N-ethyl adjacent to an activating group) is 1. The van der Waals surface area contributed by atoms with Gasteiger partial charge >= 0.3 is 0 Å². The van der Waals surface area contributed by atoms with Crippen LogP contribution in [-0.4, -0.2) is 44.7 Å². The summed E-state index contributed by atoms with van der Waals surface area (Å²) >= 11 is 0. The van der Waals surface area contributed by atoms with Crippen LogP contribution in [0.4, 0.5) is 0 Å². The number of hydrogen-bond acceptors (Lipinski definition) is 3. The third-order valence-corrected chi connectivity index (χ3v) is 3.66. The molecule has 1 N–H and O–H groups in total. The highest BCUT2D eigenvalue weighted by Gasteiger charge is 2.17. The summed E-state index contributed by atoms with van der Waals surface area (Å²) in [7, 11) is 3.94. The van der Waals surface area contributed by atoms with Gasteiger partial charge in [-0.3, -0.25) is 0 Å². The molecule has 0 spiro atoms. The largest absolute Gasteiger partial charge is 0.496 e. The van der Waals surface area contributed by atoms with Gasteiger partial charge in [-0.1, -0.05) is 12.1 Å². The second-order valence-electron chi connectivity index (χ2n) is 5.38. The Morgan fingerprint density at radius 2 is 2.00 bits per heavy atom. The Kier molecular flexibility index (Phi) is 4.25. The lowest BCUT2D eigenvalue weighted by molar-refractivity contribution is 0.238. The van der Waals surface area contributed by atoms with E-state index in [1.807, 2.05) is 0 Å². The first-order chi connectivity index (χ1) is 8.60. The quantitative estimate of drug-likeness (QED) is 0.882. The number of ether oxygens (including phenoxy) is 1. The summed E-state index contributed by atoms with van der Waals surface area (Å²) in [5.74, 6) is 1.02. The van der Waals surface area contributed by atoms with Crippen molar-refractivity contribution < 1.29 is 4.74 Å². The topological polar surface area (TPSA) is 24.5 Å². The van der Waals surface area contributed by atoms with Gasteiger partial charge in [-0.05, 0) is 44.0 Å². The van der Waals surface area contributed by atoms with Gasteiger partial charge in [0, 0.05) is 25.7 Å². The summed E-state index contributed by atoms with van der Waals surface area (Å²) in [4.78, 5) is 2.39. The molecule has 0 amide bonds. The SMILES string of the molecule is COc1c(C)cc(CC2CN(C)CCN2)cc1C. The van der Waals surface area contributed by atoms with Gasteiger partial charge in [0.2, 0.25) is 0 Å². The van der Waals surface area contributed by atoms with Crippen LogP contribution in [0.2, 0.25) is 0 Å². The maximum absolute atomic E-state index is 5.41. The predicted octanol–water partition coefficient (Wildman–Crippen LogP) is 1.76. The second kappa shape index (κ2) is 5.72. The van der Waals surface area contributed by atoms with Gasteiger partial charge in [0.05, 0.1) is 7.11 Å². The minimum Gasteiger partial charge on any atom is -0.496 e. The molecule has 0 radical (unpaired) electrons. The minimum atomic E-state index is 0.566. The summed E-state index contributed by atoms with van der Waals surface area (Å²) in [6.07, 6.45) is 1.09.